The number of benzene rings is 1. The zero-order chi connectivity index (χ0) is 27.0. The molecule has 1 aromatic carbocycles. The number of aromatic nitrogens is 6. The molecule has 3 aromatic heterocycles. The van der Waals surface area contributed by atoms with E-state index >= 15 is 4.39 Å². The van der Waals surface area contributed by atoms with Crippen molar-refractivity contribution in [1.82, 2.24) is 34.5 Å². The molecule has 1 fully saturated rings. The molecule has 0 amide bonds. The number of nitrogens with zero attached hydrogens (tertiary/aromatic N) is 7. The summed E-state index contributed by atoms with van der Waals surface area (Å²) in [5, 5.41) is 14.5. The van der Waals surface area contributed by atoms with Gasteiger partial charge in [-0.15, -0.1) is 10.2 Å². The van der Waals surface area contributed by atoms with Crippen molar-refractivity contribution < 1.29 is 31.4 Å². The molecule has 1 aliphatic rings. The highest BCUT2D eigenvalue weighted by molar-refractivity contribution is 5.89. The minimum Gasteiger partial charge on any atom is -0.479 e. The second-order valence-corrected chi connectivity index (χ2v) is 8.97. The molecule has 4 heterocycles. The molecule has 0 spiro atoms. The lowest BCUT2D eigenvalue weighted by atomic mass is 10.0. The first-order chi connectivity index (χ1) is 18.2. The van der Waals surface area contributed by atoms with Crippen LogP contribution in [0.1, 0.15) is 6.42 Å². The van der Waals surface area contributed by atoms with Gasteiger partial charge in [0.1, 0.15) is 17.6 Å². The van der Waals surface area contributed by atoms with Gasteiger partial charge < -0.3 is 14.8 Å². The van der Waals surface area contributed by atoms with Gasteiger partial charge in [-0.2, -0.15) is 4.98 Å². The van der Waals surface area contributed by atoms with Gasteiger partial charge in [0.05, 0.1) is 43.6 Å². The largest absolute Gasteiger partial charge is 0.479 e. The smallest absolute Gasteiger partial charge is 0.280 e. The van der Waals surface area contributed by atoms with Gasteiger partial charge in [-0.25, -0.2) is 31.1 Å². The van der Waals surface area contributed by atoms with Gasteiger partial charge in [-0.3, -0.25) is 4.90 Å². The molecular formula is C23H25F5N8O2. The Hall–Kier alpha value is -3.59. The van der Waals surface area contributed by atoms with Crippen LogP contribution in [0.2, 0.25) is 0 Å². The maximum atomic E-state index is 15.2. The lowest BCUT2D eigenvalue weighted by Gasteiger charge is -2.38. The quantitative estimate of drug-likeness (QED) is 0.323. The Balaban J connectivity index is 1.48. The predicted molar refractivity (Wildman–Crippen MR) is 127 cm³/mol. The molecule has 1 unspecified atom stereocenters. The fraction of sp³-hybridized carbons (Fsp3) is 0.478. The van der Waals surface area contributed by atoms with Crippen molar-refractivity contribution in [2.24, 2.45) is 0 Å². The van der Waals surface area contributed by atoms with E-state index < -0.39 is 37.3 Å². The number of halogens is 5. The summed E-state index contributed by atoms with van der Waals surface area (Å²) in [5.41, 5.74) is 1.18. The number of anilines is 1. The van der Waals surface area contributed by atoms with Gasteiger partial charge in [-0.05, 0) is 24.1 Å². The van der Waals surface area contributed by atoms with E-state index in [1.807, 2.05) is 0 Å². The van der Waals surface area contributed by atoms with Crippen LogP contribution in [0.5, 0.6) is 5.88 Å². The fourth-order valence-electron chi connectivity index (χ4n) is 4.64. The molecule has 204 valence electrons. The zero-order valence-electron chi connectivity index (χ0n) is 20.5. The monoisotopic (exact) mass is 540 g/mol. The Labute approximate surface area is 213 Å². The number of hydrogen-bond acceptors (Lipinski definition) is 8. The van der Waals surface area contributed by atoms with Crippen molar-refractivity contribution in [3.8, 4) is 17.0 Å². The van der Waals surface area contributed by atoms with Crippen LogP contribution in [-0.4, -0.2) is 93.3 Å². The number of nitrogens with one attached hydrogen (secondary N) is 1. The molecule has 38 heavy (non-hydrogen) atoms. The molecule has 5 rings (SSSR count). The molecule has 1 saturated heterocycles. The fourth-order valence-corrected chi connectivity index (χ4v) is 4.64. The zero-order valence-corrected chi connectivity index (χ0v) is 20.5. The number of likely N-dealkylation sites (tertiary alicyclic amines) is 1. The number of piperidine rings is 1. The van der Waals surface area contributed by atoms with E-state index in [-0.39, 0.29) is 29.3 Å². The molecular weight excluding hydrogens is 515 g/mol. The van der Waals surface area contributed by atoms with Gasteiger partial charge >= 0.3 is 0 Å². The Morgan fingerprint density at radius 2 is 2.05 bits per heavy atom. The normalized spacial score (nSPS) is 18.1. The Bertz CT molecular complexity index is 1440. The average Bonchev–Trinajstić information content (AvgIpc) is 3.42. The van der Waals surface area contributed by atoms with Crippen molar-refractivity contribution in [3.63, 3.8) is 0 Å². The van der Waals surface area contributed by atoms with Crippen molar-refractivity contribution in [2.45, 2.75) is 31.4 Å². The number of fused-ring (bicyclic) bond motifs is 2. The van der Waals surface area contributed by atoms with Crippen LogP contribution in [0.4, 0.5) is 27.9 Å². The highest BCUT2D eigenvalue weighted by Crippen LogP contribution is 2.36. The first kappa shape index (κ1) is 26.0. The first-order valence-corrected chi connectivity index (χ1v) is 11.8. The molecule has 1 atom stereocenters. The summed E-state index contributed by atoms with van der Waals surface area (Å²) in [4.78, 5) is 5.85. The third-order valence-electron chi connectivity index (χ3n) is 6.45. The SMILES string of the molecule is COCCN1CCC(Nc2nc(OC)c3c(-c4ccc5nnn(CC(F)F)c5c4)c(F)cn3n2)C(F)(F)C1. The van der Waals surface area contributed by atoms with Crippen LogP contribution in [-0.2, 0) is 11.3 Å². The summed E-state index contributed by atoms with van der Waals surface area (Å²) >= 11 is 0. The van der Waals surface area contributed by atoms with E-state index in [4.69, 9.17) is 9.47 Å². The topological polar surface area (TPSA) is 94.6 Å². The van der Waals surface area contributed by atoms with E-state index in [9.17, 15) is 17.6 Å². The van der Waals surface area contributed by atoms with E-state index in [1.54, 1.807) is 11.0 Å². The molecule has 0 saturated carbocycles. The van der Waals surface area contributed by atoms with Crippen molar-refractivity contribution in [2.75, 3.05) is 45.8 Å². The molecule has 1 aliphatic heterocycles. The van der Waals surface area contributed by atoms with Crippen LogP contribution >= 0.6 is 0 Å². The Morgan fingerprint density at radius 1 is 1.24 bits per heavy atom. The third-order valence-corrected chi connectivity index (χ3v) is 6.45. The van der Waals surface area contributed by atoms with Crippen LogP contribution in [0.3, 0.4) is 0 Å². The third kappa shape index (κ3) is 4.95. The number of hydrogen-bond donors (Lipinski definition) is 1. The van der Waals surface area contributed by atoms with Crippen molar-refractivity contribution in [3.05, 3.63) is 30.2 Å². The lowest BCUT2D eigenvalue weighted by molar-refractivity contribution is -0.0770. The van der Waals surface area contributed by atoms with Crippen LogP contribution in [0, 0.1) is 5.82 Å². The van der Waals surface area contributed by atoms with E-state index in [2.05, 4.69) is 25.7 Å². The minimum absolute atomic E-state index is 0.0527. The number of alkyl halides is 4. The van der Waals surface area contributed by atoms with E-state index in [0.29, 0.717) is 36.3 Å². The first-order valence-electron chi connectivity index (χ1n) is 11.8. The number of methoxy groups -OCH3 is 2. The highest BCUT2D eigenvalue weighted by Gasteiger charge is 2.45. The van der Waals surface area contributed by atoms with E-state index in [1.165, 1.54) is 26.4 Å². The van der Waals surface area contributed by atoms with Gasteiger partial charge in [-0.1, -0.05) is 11.3 Å². The Morgan fingerprint density at radius 3 is 2.76 bits per heavy atom. The maximum Gasteiger partial charge on any atom is 0.280 e. The molecule has 10 nitrogen and oxygen atoms in total. The lowest BCUT2D eigenvalue weighted by Crippen LogP contribution is -2.55. The molecule has 15 heteroatoms. The summed E-state index contributed by atoms with van der Waals surface area (Å²) in [5.74, 6) is -3.98. The number of rotatable bonds is 9. The van der Waals surface area contributed by atoms with Gasteiger partial charge in [0.15, 0.2) is 5.82 Å². The molecule has 1 N–H and O–H groups in total. The Kier molecular flexibility index (Phi) is 7.05. The van der Waals surface area contributed by atoms with Crippen LogP contribution < -0.4 is 10.1 Å². The highest BCUT2D eigenvalue weighted by atomic mass is 19.3. The molecule has 4 aromatic rings. The van der Waals surface area contributed by atoms with Crippen molar-refractivity contribution >= 4 is 22.5 Å². The summed E-state index contributed by atoms with van der Waals surface area (Å²) in [7, 11) is 2.83. The van der Waals surface area contributed by atoms with Crippen LogP contribution in [0.25, 0.3) is 27.7 Å². The summed E-state index contributed by atoms with van der Waals surface area (Å²) < 4.78 is 83.4. The summed E-state index contributed by atoms with van der Waals surface area (Å²) in [6.07, 6.45) is -1.45. The standard InChI is InChI=1S/C23H25F5N8O2/c1-37-8-7-34-6-5-17(23(27,28)12-34)29-22-30-21(38-2)20-19(14(24)10-36(20)32-22)13-3-4-15-16(9-13)35(33-31-15)11-18(25)26/h3-4,9-10,17-18H,5-8,11-12H2,1-2H3,(H,29,32). The predicted octanol–water partition coefficient (Wildman–Crippen LogP) is 3.32. The van der Waals surface area contributed by atoms with Gasteiger partial charge in [0.2, 0.25) is 11.8 Å². The van der Waals surface area contributed by atoms with Gasteiger partial charge in [0, 0.05) is 20.2 Å². The maximum absolute atomic E-state index is 15.2. The summed E-state index contributed by atoms with van der Waals surface area (Å²) in [6.45, 7) is 0.0548. The summed E-state index contributed by atoms with van der Waals surface area (Å²) in [6, 6.07) is 3.34. The second-order valence-electron chi connectivity index (χ2n) is 8.97. The van der Waals surface area contributed by atoms with Crippen LogP contribution in [0.15, 0.2) is 24.4 Å². The second kappa shape index (κ2) is 10.3. The van der Waals surface area contributed by atoms with E-state index in [0.717, 1.165) is 15.4 Å². The number of ether oxygens (including phenoxy) is 2. The minimum atomic E-state index is -3.07. The molecule has 0 bridgehead atoms. The van der Waals surface area contributed by atoms with Gasteiger partial charge in [0.25, 0.3) is 12.3 Å². The molecule has 0 aliphatic carbocycles. The molecule has 0 radical (unpaired) electrons. The van der Waals surface area contributed by atoms with Crippen molar-refractivity contribution in [1.29, 1.82) is 0 Å². The average molecular weight is 540 g/mol.